The average Bonchev–Trinajstić information content (AvgIpc) is 3.09. The molecule has 0 fully saturated rings. The van der Waals surface area contributed by atoms with E-state index >= 15 is 0 Å². The minimum absolute atomic E-state index is 0.190. The highest BCUT2D eigenvalue weighted by Gasteiger charge is 2.33. The minimum atomic E-state index is -1.11. The zero-order valence-electron chi connectivity index (χ0n) is 12.0. The summed E-state index contributed by atoms with van der Waals surface area (Å²) in [6.07, 6.45) is 11.3. The Morgan fingerprint density at radius 1 is 1.30 bits per heavy atom. The van der Waals surface area contributed by atoms with Crippen molar-refractivity contribution in [3.05, 3.63) is 36.3 Å². The first kappa shape index (κ1) is 14.7. The van der Waals surface area contributed by atoms with Gasteiger partial charge in [0.15, 0.2) is 6.61 Å². The predicted molar refractivity (Wildman–Crippen MR) is 75.6 cm³/mol. The van der Waals surface area contributed by atoms with Crippen molar-refractivity contribution in [3.8, 4) is 0 Å². The predicted octanol–water partition coefficient (Wildman–Crippen LogP) is 3.60. The van der Waals surface area contributed by atoms with Gasteiger partial charge in [-0.3, -0.25) is 0 Å². The fourth-order valence-electron chi connectivity index (χ4n) is 2.34. The van der Waals surface area contributed by atoms with E-state index in [2.05, 4.69) is 12.7 Å². The Bertz CT molecular complexity index is 436. The van der Waals surface area contributed by atoms with Gasteiger partial charge in [-0.1, -0.05) is 6.58 Å². The molecule has 0 saturated heterocycles. The molecule has 20 heavy (non-hydrogen) atoms. The second-order valence-corrected chi connectivity index (χ2v) is 5.28. The Balaban J connectivity index is 1.97. The van der Waals surface area contributed by atoms with Gasteiger partial charge in [-0.25, -0.2) is 4.79 Å². The lowest BCUT2D eigenvalue weighted by Crippen LogP contribution is -2.39. The lowest BCUT2D eigenvalue weighted by atomic mass is 10.3. The number of carbonyl (C=O) groups is 1. The van der Waals surface area contributed by atoms with E-state index in [0.717, 1.165) is 56.1 Å². The largest absolute Gasteiger partial charge is 0.490 e. The Hall–Kier alpha value is -1.71. The SMILES string of the molecule is C=CC(=O)OC(C)(COC1=CCCC1)OC1=CCCC1. The Morgan fingerprint density at radius 2 is 1.95 bits per heavy atom. The minimum Gasteiger partial charge on any atom is -0.490 e. The van der Waals surface area contributed by atoms with E-state index in [9.17, 15) is 4.79 Å². The molecule has 0 aromatic carbocycles. The molecule has 0 aromatic rings. The summed E-state index contributed by atoms with van der Waals surface area (Å²) in [7, 11) is 0. The third-order valence-electron chi connectivity index (χ3n) is 3.35. The molecular formula is C16H22O4. The summed E-state index contributed by atoms with van der Waals surface area (Å²) in [5.41, 5.74) is 0. The first-order valence-corrected chi connectivity index (χ1v) is 7.16. The van der Waals surface area contributed by atoms with Crippen LogP contribution in [0.5, 0.6) is 0 Å². The zero-order chi connectivity index (χ0) is 14.4. The molecule has 0 amide bonds. The summed E-state index contributed by atoms with van der Waals surface area (Å²) in [5, 5.41) is 0. The topological polar surface area (TPSA) is 44.8 Å². The standard InChI is InChI=1S/C16H22O4/c1-3-15(17)20-16(2,19-14-10-6-7-11-14)12-18-13-8-4-5-9-13/h3,8,10H,1,4-7,9,11-12H2,2H3. The molecule has 2 aliphatic rings. The van der Waals surface area contributed by atoms with Crippen molar-refractivity contribution >= 4 is 5.97 Å². The van der Waals surface area contributed by atoms with Gasteiger partial charge in [0.2, 0.25) is 0 Å². The third kappa shape index (κ3) is 4.15. The van der Waals surface area contributed by atoms with E-state index in [1.165, 1.54) is 0 Å². The summed E-state index contributed by atoms with van der Waals surface area (Å²) < 4.78 is 16.9. The smallest absolute Gasteiger partial charge is 0.333 e. The van der Waals surface area contributed by atoms with Crippen LogP contribution in [0.15, 0.2) is 36.3 Å². The summed E-state index contributed by atoms with van der Waals surface area (Å²) in [5.74, 6) is 0.212. The van der Waals surface area contributed by atoms with E-state index in [0.29, 0.717) is 0 Å². The van der Waals surface area contributed by atoms with E-state index in [1.54, 1.807) is 6.92 Å². The highest BCUT2D eigenvalue weighted by molar-refractivity contribution is 5.81. The molecule has 0 aliphatic heterocycles. The van der Waals surface area contributed by atoms with Crippen LogP contribution in [-0.4, -0.2) is 18.4 Å². The first-order valence-electron chi connectivity index (χ1n) is 7.16. The second-order valence-electron chi connectivity index (χ2n) is 5.28. The van der Waals surface area contributed by atoms with Gasteiger partial charge in [0.25, 0.3) is 5.79 Å². The van der Waals surface area contributed by atoms with E-state index in [-0.39, 0.29) is 6.61 Å². The number of esters is 1. The van der Waals surface area contributed by atoms with Crippen LogP contribution in [0.2, 0.25) is 0 Å². The Morgan fingerprint density at radius 3 is 2.50 bits per heavy atom. The van der Waals surface area contributed by atoms with Crippen LogP contribution in [0.25, 0.3) is 0 Å². The van der Waals surface area contributed by atoms with Crippen molar-refractivity contribution in [3.63, 3.8) is 0 Å². The molecule has 1 unspecified atom stereocenters. The van der Waals surface area contributed by atoms with Gasteiger partial charge in [-0.15, -0.1) is 0 Å². The third-order valence-corrected chi connectivity index (χ3v) is 3.35. The quantitative estimate of drug-likeness (QED) is 0.405. The fraction of sp³-hybridized carbons (Fsp3) is 0.562. The van der Waals surface area contributed by atoms with Crippen molar-refractivity contribution in [2.75, 3.05) is 6.61 Å². The van der Waals surface area contributed by atoms with Gasteiger partial charge in [-0.05, 0) is 37.8 Å². The lowest BCUT2D eigenvalue weighted by Gasteiger charge is -2.30. The summed E-state index contributed by atoms with van der Waals surface area (Å²) in [4.78, 5) is 11.5. The molecule has 0 aromatic heterocycles. The number of rotatable bonds is 7. The van der Waals surface area contributed by atoms with Crippen LogP contribution in [0, 0.1) is 0 Å². The molecule has 0 radical (unpaired) electrons. The van der Waals surface area contributed by atoms with Gasteiger partial charge >= 0.3 is 5.97 Å². The molecule has 4 heteroatoms. The molecule has 0 spiro atoms. The van der Waals surface area contributed by atoms with Gasteiger partial charge < -0.3 is 14.2 Å². The van der Waals surface area contributed by atoms with Crippen LogP contribution in [-0.2, 0) is 19.0 Å². The molecule has 0 heterocycles. The van der Waals surface area contributed by atoms with E-state index in [1.807, 2.05) is 6.08 Å². The second kappa shape index (κ2) is 6.64. The van der Waals surface area contributed by atoms with Crippen molar-refractivity contribution in [1.82, 2.24) is 0 Å². The molecule has 0 saturated carbocycles. The molecule has 0 N–H and O–H groups in total. The maximum absolute atomic E-state index is 11.5. The molecular weight excluding hydrogens is 256 g/mol. The molecule has 2 aliphatic carbocycles. The monoisotopic (exact) mass is 278 g/mol. The van der Waals surface area contributed by atoms with Gasteiger partial charge in [0.1, 0.15) is 0 Å². The normalized spacial score (nSPS) is 20.6. The van der Waals surface area contributed by atoms with Crippen molar-refractivity contribution in [2.45, 2.75) is 51.2 Å². The zero-order valence-corrected chi connectivity index (χ0v) is 12.0. The number of hydrogen-bond acceptors (Lipinski definition) is 4. The first-order chi connectivity index (χ1) is 9.61. The van der Waals surface area contributed by atoms with Gasteiger partial charge in [0, 0.05) is 25.8 Å². The molecule has 110 valence electrons. The highest BCUT2D eigenvalue weighted by Crippen LogP contribution is 2.28. The summed E-state index contributed by atoms with van der Waals surface area (Å²) in [6.45, 7) is 5.33. The molecule has 1 atom stereocenters. The van der Waals surface area contributed by atoms with Crippen molar-refractivity contribution < 1.29 is 19.0 Å². The molecule has 0 bridgehead atoms. The number of ether oxygens (including phenoxy) is 3. The number of carbonyl (C=O) groups excluding carboxylic acids is 1. The summed E-state index contributed by atoms with van der Waals surface area (Å²) in [6, 6.07) is 0. The average molecular weight is 278 g/mol. The Labute approximate surface area is 120 Å². The van der Waals surface area contributed by atoms with Crippen LogP contribution in [0.1, 0.15) is 45.4 Å². The van der Waals surface area contributed by atoms with E-state index < -0.39 is 11.8 Å². The van der Waals surface area contributed by atoms with E-state index in [4.69, 9.17) is 14.2 Å². The van der Waals surface area contributed by atoms with Gasteiger partial charge in [-0.2, -0.15) is 0 Å². The fourth-order valence-corrected chi connectivity index (χ4v) is 2.34. The maximum Gasteiger partial charge on any atom is 0.333 e. The van der Waals surface area contributed by atoms with Crippen molar-refractivity contribution in [1.29, 1.82) is 0 Å². The highest BCUT2D eigenvalue weighted by atomic mass is 16.7. The lowest BCUT2D eigenvalue weighted by molar-refractivity contribution is -0.220. The number of allylic oxidation sites excluding steroid dienone is 4. The summed E-state index contributed by atoms with van der Waals surface area (Å²) >= 11 is 0. The number of hydrogen-bond donors (Lipinski definition) is 0. The maximum atomic E-state index is 11.5. The van der Waals surface area contributed by atoms with Crippen LogP contribution < -0.4 is 0 Å². The van der Waals surface area contributed by atoms with Gasteiger partial charge in [0.05, 0.1) is 11.5 Å². The Kier molecular flexibility index (Phi) is 4.88. The van der Waals surface area contributed by atoms with Crippen molar-refractivity contribution in [2.24, 2.45) is 0 Å². The molecule has 4 nitrogen and oxygen atoms in total. The van der Waals surface area contributed by atoms with Crippen LogP contribution >= 0.6 is 0 Å². The van der Waals surface area contributed by atoms with Crippen LogP contribution in [0.3, 0.4) is 0 Å². The van der Waals surface area contributed by atoms with Crippen LogP contribution in [0.4, 0.5) is 0 Å². The molecule has 2 rings (SSSR count).